The Morgan fingerprint density at radius 2 is 1.86 bits per heavy atom. The molecule has 0 atom stereocenters. The third-order valence-electron chi connectivity index (χ3n) is 4.84. The Labute approximate surface area is 171 Å². The second-order valence-corrected chi connectivity index (χ2v) is 7.68. The third kappa shape index (κ3) is 3.91. The van der Waals surface area contributed by atoms with Crippen molar-refractivity contribution in [1.82, 2.24) is 19.9 Å². The molecule has 3 heterocycles. The molecular weight excluding hydrogens is 393 g/mol. The molecule has 1 aliphatic rings. The van der Waals surface area contributed by atoms with Crippen molar-refractivity contribution in [3.8, 4) is 17.0 Å². The molecule has 7 nitrogen and oxygen atoms in total. The highest BCUT2D eigenvalue weighted by Gasteiger charge is 2.26. The van der Waals surface area contributed by atoms with E-state index in [4.69, 9.17) is 4.74 Å². The summed E-state index contributed by atoms with van der Waals surface area (Å²) in [6.07, 6.45) is 1.37. The predicted octanol–water partition coefficient (Wildman–Crippen LogP) is 3.02. The van der Waals surface area contributed by atoms with Crippen LogP contribution in [-0.2, 0) is 0 Å². The molecule has 29 heavy (non-hydrogen) atoms. The van der Waals surface area contributed by atoms with Crippen LogP contribution in [0.3, 0.4) is 0 Å². The van der Waals surface area contributed by atoms with Crippen LogP contribution < -0.4 is 9.64 Å². The summed E-state index contributed by atoms with van der Waals surface area (Å²) in [4.78, 5) is 28.7. The average molecular weight is 413 g/mol. The molecule has 0 unspecified atom stereocenters. The van der Waals surface area contributed by atoms with Crippen LogP contribution in [0.1, 0.15) is 15.5 Å². The number of carbonyl (C=O) groups is 1. The molecule has 150 valence electrons. The van der Waals surface area contributed by atoms with Gasteiger partial charge in [-0.2, -0.15) is 0 Å². The average Bonchev–Trinajstić information content (AvgIpc) is 3.20. The fourth-order valence-electron chi connectivity index (χ4n) is 3.28. The van der Waals surface area contributed by atoms with E-state index in [1.54, 1.807) is 41.7 Å². The largest absolute Gasteiger partial charge is 0.497 e. The number of aromatic nitrogens is 3. The Hall–Kier alpha value is -3.07. The summed E-state index contributed by atoms with van der Waals surface area (Å²) in [5.74, 6) is 0.394. The van der Waals surface area contributed by atoms with Gasteiger partial charge in [0.05, 0.1) is 12.1 Å². The van der Waals surface area contributed by atoms with Gasteiger partial charge in [0.15, 0.2) is 11.6 Å². The number of methoxy groups -OCH3 is 1. The molecule has 1 aliphatic heterocycles. The maximum absolute atomic E-state index is 15.2. The summed E-state index contributed by atoms with van der Waals surface area (Å²) in [6, 6.07) is 7.06. The first-order valence-corrected chi connectivity index (χ1v) is 10.1. The van der Waals surface area contributed by atoms with Crippen molar-refractivity contribution in [3.05, 3.63) is 52.5 Å². The van der Waals surface area contributed by atoms with Crippen LogP contribution in [0, 0.1) is 12.7 Å². The number of anilines is 1. The molecule has 0 aliphatic carbocycles. The molecule has 1 saturated heterocycles. The van der Waals surface area contributed by atoms with E-state index in [9.17, 15) is 4.79 Å². The lowest BCUT2D eigenvalue weighted by molar-refractivity contribution is 0.0741. The Morgan fingerprint density at radius 1 is 1.14 bits per heavy atom. The van der Waals surface area contributed by atoms with Gasteiger partial charge in [0.2, 0.25) is 0 Å². The van der Waals surface area contributed by atoms with Crippen LogP contribution in [0.2, 0.25) is 0 Å². The molecule has 9 heteroatoms. The molecule has 0 spiro atoms. The Kier molecular flexibility index (Phi) is 5.39. The highest BCUT2D eigenvalue weighted by Crippen LogP contribution is 2.28. The summed E-state index contributed by atoms with van der Waals surface area (Å²) in [5, 5.41) is 2.64. The second kappa shape index (κ2) is 8.12. The van der Waals surface area contributed by atoms with Crippen molar-refractivity contribution in [3.63, 3.8) is 0 Å². The first kappa shape index (κ1) is 19.3. The van der Waals surface area contributed by atoms with E-state index in [0.717, 1.165) is 5.01 Å². The number of nitrogens with zero attached hydrogens (tertiary/aromatic N) is 5. The van der Waals surface area contributed by atoms with Crippen molar-refractivity contribution in [1.29, 1.82) is 0 Å². The number of thiazole rings is 1. The molecule has 1 aromatic carbocycles. The van der Waals surface area contributed by atoms with Crippen LogP contribution in [0.15, 0.2) is 36.0 Å². The number of benzene rings is 1. The lowest BCUT2D eigenvalue weighted by Gasteiger charge is -2.35. The summed E-state index contributed by atoms with van der Waals surface area (Å²) < 4.78 is 20.3. The van der Waals surface area contributed by atoms with Crippen LogP contribution in [0.25, 0.3) is 11.3 Å². The fourth-order valence-corrected chi connectivity index (χ4v) is 3.86. The standard InChI is InChI=1S/C20H20FN5O2S/c1-13-24-16(11-29-13)20(27)26-9-7-25(8-10-26)19-17(21)18(22-12-23-19)14-3-5-15(28-2)6-4-14/h3-6,11-12H,7-10H2,1-2H3. The second-order valence-electron chi connectivity index (χ2n) is 6.62. The minimum Gasteiger partial charge on any atom is -0.497 e. The SMILES string of the molecule is COc1ccc(-c2ncnc(N3CCN(C(=O)c4csc(C)n4)CC3)c2F)cc1. The van der Waals surface area contributed by atoms with Gasteiger partial charge in [0.1, 0.15) is 23.5 Å². The van der Waals surface area contributed by atoms with Crippen LogP contribution in [-0.4, -0.2) is 59.0 Å². The molecule has 0 N–H and O–H groups in total. The van der Waals surface area contributed by atoms with Crippen LogP contribution in [0.5, 0.6) is 5.75 Å². The van der Waals surface area contributed by atoms with Crippen molar-refractivity contribution >= 4 is 23.1 Å². The fraction of sp³-hybridized carbons (Fsp3) is 0.300. The summed E-state index contributed by atoms with van der Waals surface area (Å²) in [7, 11) is 1.58. The van der Waals surface area contributed by atoms with E-state index in [1.165, 1.54) is 17.7 Å². The van der Waals surface area contributed by atoms with Crippen LogP contribution in [0.4, 0.5) is 10.2 Å². The zero-order valence-corrected chi connectivity index (χ0v) is 16.9. The Balaban J connectivity index is 1.49. The van der Waals surface area contributed by atoms with Crippen molar-refractivity contribution in [2.75, 3.05) is 38.2 Å². The van der Waals surface area contributed by atoms with Gasteiger partial charge in [-0.3, -0.25) is 4.79 Å². The normalized spacial score (nSPS) is 14.2. The zero-order chi connectivity index (χ0) is 20.4. The number of ether oxygens (including phenoxy) is 1. The Morgan fingerprint density at radius 3 is 2.48 bits per heavy atom. The molecule has 3 aromatic rings. The molecule has 1 amide bonds. The number of piperazine rings is 1. The number of aryl methyl sites for hydroxylation is 1. The third-order valence-corrected chi connectivity index (χ3v) is 5.61. The van der Waals surface area contributed by atoms with E-state index in [0.29, 0.717) is 43.2 Å². The lowest BCUT2D eigenvalue weighted by Crippen LogP contribution is -2.49. The van der Waals surface area contributed by atoms with Gasteiger partial charge in [-0.05, 0) is 31.2 Å². The van der Waals surface area contributed by atoms with Gasteiger partial charge in [0, 0.05) is 37.1 Å². The van der Waals surface area contributed by atoms with Crippen molar-refractivity contribution in [2.45, 2.75) is 6.92 Å². The van der Waals surface area contributed by atoms with Gasteiger partial charge in [-0.1, -0.05) is 0 Å². The number of amides is 1. The molecular formula is C20H20FN5O2S. The topological polar surface area (TPSA) is 71.5 Å². The maximum atomic E-state index is 15.2. The first-order chi connectivity index (χ1) is 14.1. The smallest absolute Gasteiger partial charge is 0.273 e. The van der Waals surface area contributed by atoms with E-state index in [-0.39, 0.29) is 17.4 Å². The minimum atomic E-state index is -0.465. The summed E-state index contributed by atoms with van der Waals surface area (Å²) >= 11 is 1.45. The number of rotatable bonds is 4. The molecule has 0 bridgehead atoms. The Bertz CT molecular complexity index is 1020. The van der Waals surface area contributed by atoms with E-state index in [2.05, 4.69) is 15.0 Å². The molecule has 4 rings (SSSR count). The summed E-state index contributed by atoms with van der Waals surface area (Å²) in [6.45, 7) is 3.82. The maximum Gasteiger partial charge on any atom is 0.273 e. The van der Waals surface area contributed by atoms with E-state index in [1.807, 2.05) is 11.8 Å². The number of hydrogen-bond acceptors (Lipinski definition) is 7. The van der Waals surface area contributed by atoms with Crippen molar-refractivity contribution < 1.29 is 13.9 Å². The van der Waals surface area contributed by atoms with Gasteiger partial charge in [0.25, 0.3) is 5.91 Å². The monoisotopic (exact) mass is 413 g/mol. The highest BCUT2D eigenvalue weighted by atomic mass is 32.1. The number of carbonyl (C=O) groups excluding carboxylic acids is 1. The predicted molar refractivity (Wildman–Crippen MR) is 109 cm³/mol. The lowest BCUT2D eigenvalue weighted by atomic mass is 10.1. The number of hydrogen-bond donors (Lipinski definition) is 0. The van der Waals surface area contributed by atoms with E-state index >= 15 is 4.39 Å². The molecule has 1 fully saturated rings. The van der Waals surface area contributed by atoms with Gasteiger partial charge in [-0.15, -0.1) is 11.3 Å². The minimum absolute atomic E-state index is 0.0870. The van der Waals surface area contributed by atoms with Gasteiger partial charge in [-0.25, -0.2) is 19.3 Å². The van der Waals surface area contributed by atoms with Gasteiger partial charge >= 0.3 is 0 Å². The van der Waals surface area contributed by atoms with Crippen molar-refractivity contribution in [2.24, 2.45) is 0 Å². The summed E-state index contributed by atoms with van der Waals surface area (Å²) in [5.41, 5.74) is 1.37. The van der Waals surface area contributed by atoms with Gasteiger partial charge < -0.3 is 14.5 Å². The van der Waals surface area contributed by atoms with Crippen LogP contribution >= 0.6 is 11.3 Å². The molecule has 0 radical (unpaired) electrons. The molecule has 2 aromatic heterocycles. The number of halogens is 1. The molecule has 0 saturated carbocycles. The first-order valence-electron chi connectivity index (χ1n) is 9.18. The zero-order valence-electron chi connectivity index (χ0n) is 16.1. The highest BCUT2D eigenvalue weighted by molar-refractivity contribution is 7.09. The van der Waals surface area contributed by atoms with E-state index < -0.39 is 5.82 Å². The quantitative estimate of drug-likeness (QED) is 0.655.